The number of anilines is 1. The first-order chi connectivity index (χ1) is 16.0. The molecule has 0 saturated heterocycles. The van der Waals surface area contributed by atoms with E-state index in [9.17, 15) is 15.0 Å². The van der Waals surface area contributed by atoms with Crippen molar-refractivity contribution < 1.29 is 24.5 Å². The van der Waals surface area contributed by atoms with Crippen LogP contribution in [-0.2, 0) is 6.54 Å². The Bertz CT molecular complexity index is 1260. The lowest BCUT2D eigenvalue weighted by atomic mass is 10.1. The molecule has 0 fully saturated rings. The SMILES string of the molecule is COc1cc(-c2ccc(N(Cc3ccsc3)C(=O)c3ccc(O)cc3O)cc2)cnc1OC. The minimum absolute atomic E-state index is 0.108. The van der Waals surface area contributed by atoms with Crippen molar-refractivity contribution in [3.05, 3.63) is 82.7 Å². The number of phenolic OH excluding ortho intramolecular Hbond substituents is 2. The molecule has 1 amide bonds. The maximum absolute atomic E-state index is 13.4. The lowest BCUT2D eigenvalue weighted by Crippen LogP contribution is -2.30. The summed E-state index contributed by atoms with van der Waals surface area (Å²) in [5.74, 6) is 0.166. The zero-order chi connectivity index (χ0) is 23.4. The Kier molecular flexibility index (Phi) is 6.46. The van der Waals surface area contributed by atoms with E-state index in [2.05, 4.69) is 4.98 Å². The summed E-state index contributed by atoms with van der Waals surface area (Å²) < 4.78 is 10.5. The number of hydrogen-bond acceptors (Lipinski definition) is 7. The molecule has 2 aromatic carbocycles. The van der Waals surface area contributed by atoms with Crippen LogP contribution in [0.2, 0.25) is 0 Å². The summed E-state index contributed by atoms with van der Waals surface area (Å²) in [4.78, 5) is 19.2. The Morgan fingerprint density at radius 2 is 1.79 bits per heavy atom. The second-order valence-electron chi connectivity index (χ2n) is 7.21. The van der Waals surface area contributed by atoms with Gasteiger partial charge in [-0.05, 0) is 58.3 Å². The predicted octanol–water partition coefficient (Wildman–Crippen LogP) is 5.09. The zero-order valence-corrected chi connectivity index (χ0v) is 18.9. The molecule has 7 nitrogen and oxygen atoms in total. The fourth-order valence-corrected chi connectivity index (χ4v) is 4.07. The first-order valence-corrected chi connectivity index (χ1v) is 11.0. The van der Waals surface area contributed by atoms with Gasteiger partial charge in [0.05, 0.1) is 26.3 Å². The van der Waals surface area contributed by atoms with E-state index in [0.29, 0.717) is 23.9 Å². The van der Waals surface area contributed by atoms with Crippen molar-refractivity contribution in [3.63, 3.8) is 0 Å². The monoisotopic (exact) mass is 462 g/mol. The number of amides is 1. The van der Waals surface area contributed by atoms with Crippen LogP contribution in [0, 0.1) is 0 Å². The molecule has 8 heteroatoms. The van der Waals surface area contributed by atoms with Gasteiger partial charge in [0, 0.05) is 23.5 Å². The van der Waals surface area contributed by atoms with E-state index < -0.39 is 0 Å². The Balaban J connectivity index is 1.68. The fraction of sp³-hybridized carbons (Fsp3) is 0.120. The number of phenols is 2. The van der Waals surface area contributed by atoms with Gasteiger partial charge in [0.2, 0.25) is 0 Å². The van der Waals surface area contributed by atoms with Crippen LogP contribution in [0.4, 0.5) is 5.69 Å². The van der Waals surface area contributed by atoms with Gasteiger partial charge in [-0.25, -0.2) is 4.98 Å². The molecule has 0 aliphatic heterocycles. The van der Waals surface area contributed by atoms with Crippen molar-refractivity contribution in [3.8, 4) is 34.3 Å². The van der Waals surface area contributed by atoms with E-state index in [1.165, 1.54) is 19.2 Å². The van der Waals surface area contributed by atoms with Crippen molar-refractivity contribution in [2.75, 3.05) is 19.1 Å². The van der Waals surface area contributed by atoms with Gasteiger partial charge in [-0.2, -0.15) is 11.3 Å². The van der Waals surface area contributed by atoms with Crippen LogP contribution in [0.25, 0.3) is 11.1 Å². The van der Waals surface area contributed by atoms with Crippen molar-refractivity contribution in [1.82, 2.24) is 4.98 Å². The molecule has 0 spiro atoms. The molecule has 33 heavy (non-hydrogen) atoms. The lowest BCUT2D eigenvalue weighted by molar-refractivity contribution is 0.0982. The molecule has 4 aromatic rings. The normalized spacial score (nSPS) is 10.6. The molecular formula is C25H22N2O5S. The highest BCUT2D eigenvalue weighted by Crippen LogP contribution is 2.32. The summed E-state index contributed by atoms with van der Waals surface area (Å²) in [5, 5.41) is 23.7. The van der Waals surface area contributed by atoms with Gasteiger partial charge < -0.3 is 24.6 Å². The van der Waals surface area contributed by atoms with Gasteiger partial charge in [-0.1, -0.05) is 12.1 Å². The van der Waals surface area contributed by atoms with Crippen LogP contribution in [0.1, 0.15) is 15.9 Å². The number of pyridine rings is 1. The molecule has 2 heterocycles. The Morgan fingerprint density at radius 1 is 1.00 bits per heavy atom. The lowest BCUT2D eigenvalue weighted by Gasteiger charge is -2.23. The summed E-state index contributed by atoms with van der Waals surface area (Å²) in [6.45, 7) is 0.333. The molecule has 2 N–H and O–H groups in total. The second-order valence-corrected chi connectivity index (χ2v) is 7.99. The van der Waals surface area contributed by atoms with Crippen LogP contribution >= 0.6 is 11.3 Å². The van der Waals surface area contributed by atoms with Gasteiger partial charge in [-0.15, -0.1) is 0 Å². The van der Waals surface area contributed by atoms with Crippen LogP contribution in [0.15, 0.2) is 71.6 Å². The van der Waals surface area contributed by atoms with E-state index >= 15 is 0 Å². The number of carbonyl (C=O) groups is 1. The number of aromatic hydroxyl groups is 2. The van der Waals surface area contributed by atoms with Crippen molar-refractivity contribution in [2.45, 2.75) is 6.54 Å². The highest BCUT2D eigenvalue weighted by molar-refractivity contribution is 7.07. The number of benzene rings is 2. The topological polar surface area (TPSA) is 92.1 Å². The Morgan fingerprint density at radius 3 is 2.42 bits per heavy atom. The minimum Gasteiger partial charge on any atom is -0.508 e. The molecule has 0 radical (unpaired) electrons. The highest BCUT2D eigenvalue weighted by atomic mass is 32.1. The van der Waals surface area contributed by atoms with Crippen LogP contribution in [-0.4, -0.2) is 35.3 Å². The van der Waals surface area contributed by atoms with Crippen molar-refractivity contribution >= 4 is 22.9 Å². The number of nitrogens with zero attached hydrogens (tertiary/aromatic N) is 2. The molecule has 0 bridgehead atoms. The van der Waals surface area contributed by atoms with E-state index in [4.69, 9.17) is 9.47 Å². The quantitative estimate of drug-likeness (QED) is 0.398. The van der Waals surface area contributed by atoms with E-state index in [-0.39, 0.29) is 23.0 Å². The van der Waals surface area contributed by atoms with E-state index in [0.717, 1.165) is 22.8 Å². The van der Waals surface area contributed by atoms with Crippen LogP contribution in [0.5, 0.6) is 23.1 Å². The van der Waals surface area contributed by atoms with Crippen LogP contribution < -0.4 is 14.4 Å². The number of carbonyl (C=O) groups excluding carboxylic acids is 1. The first-order valence-electron chi connectivity index (χ1n) is 10.0. The second kappa shape index (κ2) is 9.62. The molecule has 2 aromatic heterocycles. The molecule has 0 aliphatic rings. The van der Waals surface area contributed by atoms with Gasteiger partial charge in [0.25, 0.3) is 11.8 Å². The molecule has 0 unspecified atom stereocenters. The number of thiophene rings is 1. The Hall–Kier alpha value is -4.04. The van der Waals surface area contributed by atoms with E-state index in [1.54, 1.807) is 29.5 Å². The number of methoxy groups -OCH3 is 2. The standard InChI is InChI=1S/C25H22N2O5S/c1-31-23-11-18(13-26-24(23)32-2)17-3-5-19(6-4-17)27(14-16-9-10-33-15-16)25(30)21-8-7-20(28)12-22(21)29/h3-13,15,28-29H,14H2,1-2H3. The van der Waals surface area contributed by atoms with Gasteiger partial charge in [0.15, 0.2) is 5.75 Å². The summed E-state index contributed by atoms with van der Waals surface area (Å²) in [5.41, 5.74) is 3.47. The van der Waals surface area contributed by atoms with Gasteiger partial charge in [-0.3, -0.25) is 4.79 Å². The summed E-state index contributed by atoms with van der Waals surface area (Å²) in [6, 6.07) is 15.2. The third-order valence-electron chi connectivity index (χ3n) is 5.12. The molecule has 0 saturated carbocycles. The Labute approximate surface area is 195 Å². The van der Waals surface area contributed by atoms with Crippen molar-refractivity contribution in [2.24, 2.45) is 0 Å². The van der Waals surface area contributed by atoms with E-state index in [1.807, 2.05) is 47.2 Å². The average molecular weight is 463 g/mol. The predicted molar refractivity (Wildman–Crippen MR) is 127 cm³/mol. The summed E-state index contributed by atoms with van der Waals surface area (Å²) >= 11 is 1.55. The number of ether oxygens (including phenoxy) is 2. The summed E-state index contributed by atoms with van der Waals surface area (Å²) in [6.07, 6.45) is 1.69. The largest absolute Gasteiger partial charge is 0.508 e. The number of hydrogen-bond donors (Lipinski definition) is 2. The third-order valence-corrected chi connectivity index (χ3v) is 5.85. The van der Waals surface area contributed by atoms with Crippen molar-refractivity contribution in [1.29, 1.82) is 0 Å². The zero-order valence-electron chi connectivity index (χ0n) is 18.1. The molecule has 168 valence electrons. The number of rotatable bonds is 7. The highest BCUT2D eigenvalue weighted by Gasteiger charge is 2.22. The molecule has 0 aliphatic carbocycles. The van der Waals surface area contributed by atoms with Crippen LogP contribution in [0.3, 0.4) is 0 Å². The molecule has 4 rings (SSSR count). The number of aromatic nitrogens is 1. The van der Waals surface area contributed by atoms with Gasteiger partial charge in [0.1, 0.15) is 11.5 Å². The minimum atomic E-state index is -0.376. The molecular weight excluding hydrogens is 440 g/mol. The summed E-state index contributed by atoms with van der Waals surface area (Å²) in [7, 11) is 3.09. The fourth-order valence-electron chi connectivity index (χ4n) is 3.42. The first kappa shape index (κ1) is 22.2. The van der Waals surface area contributed by atoms with Gasteiger partial charge >= 0.3 is 0 Å². The smallest absolute Gasteiger partial charge is 0.262 e. The third kappa shape index (κ3) is 4.75. The maximum Gasteiger partial charge on any atom is 0.262 e. The molecule has 0 atom stereocenters. The average Bonchev–Trinajstić information content (AvgIpc) is 3.35. The maximum atomic E-state index is 13.4.